The van der Waals surface area contributed by atoms with Gasteiger partial charge >= 0.3 is 0 Å². The Morgan fingerprint density at radius 2 is 1.94 bits per heavy atom. The van der Waals surface area contributed by atoms with Gasteiger partial charge in [0, 0.05) is 23.3 Å². The minimum absolute atomic E-state index is 0.0519. The maximum absolute atomic E-state index is 12.3. The highest BCUT2D eigenvalue weighted by Crippen LogP contribution is 2.33. The zero-order valence-electron chi connectivity index (χ0n) is 10.4. The normalized spacial score (nSPS) is 15.4. The number of rotatable bonds is 2. The van der Waals surface area contributed by atoms with E-state index in [2.05, 4.69) is 15.9 Å². The highest BCUT2D eigenvalue weighted by Gasteiger charge is 2.34. The van der Waals surface area contributed by atoms with E-state index in [4.69, 9.17) is 0 Å². The van der Waals surface area contributed by atoms with Crippen molar-refractivity contribution in [3.8, 4) is 0 Å². The van der Waals surface area contributed by atoms with Gasteiger partial charge in [-0.25, -0.2) is 8.42 Å². The summed E-state index contributed by atoms with van der Waals surface area (Å²) < 4.78 is 24.2. The molecule has 0 spiro atoms. The summed E-state index contributed by atoms with van der Waals surface area (Å²) in [5.74, 6) is -0.201. The Morgan fingerprint density at radius 3 is 2.44 bits per heavy atom. The molecule has 1 aliphatic rings. The van der Waals surface area contributed by atoms with Crippen molar-refractivity contribution in [2.24, 2.45) is 0 Å². The number of fused-ring (bicyclic) bond motifs is 1. The lowest BCUT2D eigenvalue weighted by atomic mass is 10.1. The standard InChI is InChI=1S/C12H14BrNO3S/c1-7(2)14-6-8-4-9(13)5-10(18(3,16)17)11(8)12(14)15/h4-5,7H,6H2,1-3H3. The third-order valence-electron chi connectivity index (χ3n) is 2.99. The van der Waals surface area contributed by atoms with Crippen molar-refractivity contribution in [3.63, 3.8) is 0 Å². The van der Waals surface area contributed by atoms with Crippen LogP contribution in [-0.4, -0.2) is 31.5 Å². The Labute approximate surface area is 115 Å². The largest absolute Gasteiger partial charge is 0.332 e. The number of sulfone groups is 1. The molecule has 0 atom stereocenters. The zero-order valence-corrected chi connectivity index (χ0v) is 12.8. The van der Waals surface area contributed by atoms with E-state index in [1.165, 1.54) is 6.07 Å². The molecule has 0 unspecified atom stereocenters. The summed E-state index contributed by atoms with van der Waals surface area (Å²) in [4.78, 5) is 14.0. The molecular weight excluding hydrogens is 318 g/mol. The van der Waals surface area contributed by atoms with E-state index in [0.717, 1.165) is 11.8 Å². The van der Waals surface area contributed by atoms with Crippen molar-refractivity contribution >= 4 is 31.7 Å². The molecule has 0 aromatic heterocycles. The van der Waals surface area contributed by atoms with Gasteiger partial charge in [-0.15, -0.1) is 0 Å². The first kappa shape index (κ1) is 13.5. The second-order valence-electron chi connectivity index (χ2n) is 4.74. The first-order valence-corrected chi connectivity index (χ1v) is 8.23. The Hall–Kier alpha value is -0.880. The van der Waals surface area contributed by atoms with Crippen LogP contribution >= 0.6 is 15.9 Å². The molecule has 4 nitrogen and oxygen atoms in total. The van der Waals surface area contributed by atoms with Crippen molar-refractivity contribution < 1.29 is 13.2 Å². The van der Waals surface area contributed by atoms with Crippen LogP contribution in [0.5, 0.6) is 0 Å². The first-order valence-electron chi connectivity index (χ1n) is 5.55. The van der Waals surface area contributed by atoms with E-state index in [9.17, 15) is 13.2 Å². The van der Waals surface area contributed by atoms with Crippen LogP contribution in [0.3, 0.4) is 0 Å². The molecule has 1 aromatic carbocycles. The average molecular weight is 332 g/mol. The van der Waals surface area contributed by atoms with Crippen molar-refractivity contribution in [1.29, 1.82) is 0 Å². The van der Waals surface area contributed by atoms with Crippen LogP contribution in [0.15, 0.2) is 21.5 Å². The summed E-state index contributed by atoms with van der Waals surface area (Å²) in [6, 6.07) is 3.36. The summed E-state index contributed by atoms with van der Waals surface area (Å²) >= 11 is 3.29. The van der Waals surface area contributed by atoms with Crippen LogP contribution < -0.4 is 0 Å². The molecule has 1 aliphatic heterocycles. The summed E-state index contributed by atoms with van der Waals surface area (Å²) in [5, 5.41) is 0. The van der Waals surface area contributed by atoms with Crippen LogP contribution in [0, 0.1) is 0 Å². The molecule has 0 bridgehead atoms. The van der Waals surface area contributed by atoms with Crippen LogP contribution in [-0.2, 0) is 16.4 Å². The Kier molecular flexibility index (Phi) is 3.27. The summed E-state index contributed by atoms with van der Waals surface area (Å²) in [7, 11) is -3.41. The molecule has 0 fully saturated rings. The molecule has 1 amide bonds. The van der Waals surface area contributed by atoms with Gasteiger partial charge in [0.1, 0.15) is 0 Å². The van der Waals surface area contributed by atoms with Crippen molar-refractivity contribution in [3.05, 3.63) is 27.7 Å². The first-order chi connectivity index (χ1) is 8.21. The fraction of sp³-hybridized carbons (Fsp3) is 0.417. The number of carbonyl (C=O) groups is 1. The molecule has 6 heteroatoms. The fourth-order valence-electron chi connectivity index (χ4n) is 2.11. The molecule has 2 rings (SSSR count). The monoisotopic (exact) mass is 331 g/mol. The molecular formula is C12H14BrNO3S. The van der Waals surface area contributed by atoms with Crippen LogP contribution in [0.1, 0.15) is 29.8 Å². The Balaban J connectivity index is 2.68. The highest BCUT2D eigenvalue weighted by atomic mass is 79.9. The smallest absolute Gasteiger partial charge is 0.256 e. The van der Waals surface area contributed by atoms with Gasteiger partial charge in [-0.1, -0.05) is 15.9 Å². The minimum Gasteiger partial charge on any atom is -0.332 e. The second kappa shape index (κ2) is 4.35. The zero-order chi connectivity index (χ0) is 13.7. The summed E-state index contributed by atoms with van der Waals surface area (Å²) in [5.41, 5.74) is 1.10. The van der Waals surface area contributed by atoms with E-state index >= 15 is 0 Å². The number of halogens is 1. The van der Waals surface area contributed by atoms with Gasteiger partial charge in [0.2, 0.25) is 0 Å². The predicted octanol–water partition coefficient (Wildman–Crippen LogP) is 2.22. The maximum Gasteiger partial charge on any atom is 0.256 e. The van der Waals surface area contributed by atoms with Crippen LogP contribution in [0.4, 0.5) is 0 Å². The Bertz CT molecular complexity index is 622. The maximum atomic E-state index is 12.3. The van der Waals surface area contributed by atoms with Gasteiger partial charge in [0.05, 0.1) is 10.5 Å². The lowest BCUT2D eigenvalue weighted by molar-refractivity contribution is 0.0728. The van der Waals surface area contributed by atoms with Gasteiger partial charge in [-0.2, -0.15) is 0 Å². The van der Waals surface area contributed by atoms with Gasteiger partial charge in [0.25, 0.3) is 5.91 Å². The van der Waals surface area contributed by atoms with E-state index < -0.39 is 9.84 Å². The third kappa shape index (κ3) is 2.19. The van der Waals surface area contributed by atoms with Gasteiger partial charge in [-0.3, -0.25) is 4.79 Å². The second-order valence-corrected chi connectivity index (χ2v) is 7.64. The SMILES string of the molecule is CC(C)N1Cc2cc(Br)cc(S(C)(=O)=O)c2C1=O. The van der Waals surface area contributed by atoms with Gasteiger partial charge in [0.15, 0.2) is 9.84 Å². The quantitative estimate of drug-likeness (QED) is 0.834. The van der Waals surface area contributed by atoms with E-state index in [1.54, 1.807) is 4.90 Å². The predicted molar refractivity (Wildman–Crippen MR) is 72.3 cm³/mol. The van der Waals surface area contributed by atoms with Crippen molar-refractivity contribution in [2.45, 2.75) is 31.3 Å². The number of hydrogen-bond donors (Lipinski definition) is 0. The summed E-state index contributed by atoms with van der Waals surface area (Å²) in [6.07, 6.45) is 1.13. The fourth-order valence-corrected chi connectivity index (χ4v) is 3.70. The van der Waals surface area contributed by atoms with E-state index in [1.807, 2.05) is 19.9 Å². The molecule has 1 heterocycles. The number of carbonyl (C=O) groups excluding carboxylic acids is 1. The highest BCUT2D eigenvalue weighted by molar-refractivity contribution is 9.10. The van der Waals surface area contributed by atoms with E-state index in [0.29, 0.717) is 16.6 Å². The molecule has 0 radical (unpaired) electrons. The molecule has 0 saturated carbocycles. The average Bonchev–Trinajstić information content (AvgIpc) is 2.53. The molecule has 0 aliphatic carbocycles. The number of nitrogens with zero attached hydrogens (tertiary/aromatic N) is 1. The molecule has 1 aromatic rings. The van der Waals surface area contributed by atoms with Gasteiger partial charge < -0.3 is 4.90 Å². The molecule has 98 valence electrons. The molecule has 18 heavy (non-hydrogen) atoms. The minimum atomic E-state index is -3.41. The van der Waals surface area contributed by atoms with Crippen LogP contribution in [0.25, 0.3) is 0 Å². The lowest BCUT2D eigenvalue weighted by Crippen LogP contribution is -2.31. The van der Waals surface area contributed by atoms with E-state index in [-0.39, 0.29) is 16.8 Å². The third-order valence-corrected chi connectivity index (χ3v) is 4.57. The van der Waals surface area contributed by atoms with Crippen molar-refractivity contribution in [2.75, 3.05) is 6.26 Å². The van der Waals surface area contributed by atoms with Gasteiger partial charge in [-0.05, 0) is 31.5 Å². The van der Waals surface area contributed by atoms with Crippen molar-refractivity contribution in [1.82, 2.24) is 4.90 Å². The number of hydrogen-bond acceptors (Lipinski definition) is 3. The number of amides is 1. The molecule has 0 N–H and O–H groups in total. The topological polar surface area (TPSA) is 54.5 Å². The summed E-state index contributed by atoms with van der Waals surface area (Å²) in [6.45, 7) is 4.30. The number of benzene rings is 1. The lowest BCUT2D eigenvalue weighted by Gasteiger charge is -2.20. The molecule has 0 saturated heterocycles. The Morgan fingerprint density at radius 1 is 1.33 bits per heavy atom. The van der Waals surface area contributed by atoms with Crippen LogP contribution in [0.2, 0.25) is 0 Å².